The number of rotatable bonds is 10. The number of β-lactam (4-membered cyclic amide) rings is 1. The van der Waals surface area contributed by atoms with Crippen molar-refractivity contribution < 1.29 is 24.3 Å². The van der Waals surface area contributed by atoms with E-state index in [1.54, 1.807) is 5.38 Å². The normalized spacial score (nSPS) is 18.9. The third-order valence-corrected chi connectivity index (χ3v) is 11.7. The highest BCUT2D eigenvalue weighted by Gasteiger charge is 2.57. The summed E-state index contributed by atoms with van der Waals surface area (Å²) in [6, 6.07) is 0. The summed E-state index contributed by atoms with van der Waals surface area (Å²) < 4.78 is 1.54. The maximum absolute atomic E-state index is 13.1. The van der Waals surface area contributed by atoms with Gasteiger partial charge in [0.05, 0.1) is 5.75 Å². The van der Waals surface area contributed by atoms with Gasteiger partial charge in [0.25, 0.3) is 0 Å². The monoisotopic (exact) mass is 657 g/mol. The molecule has 2 aliphatic heterocycles. The molecule has 40 heavy (non-hydrogen) atoms. The molecule has 1 fully saturated rings. The maximum atomic E-state index is 13.1. The molecule has 2 amide bonds. The second kappa shape index (κ2) is 12.4. The molecule has 1 saturated heterocycles. The van der Waals surface area contributed by atoms with E-state index in [1.807, 2.05) is 6.92 Å². The molecule has 0 saturated carbocycles. The van der Waals surface area contributed by atoms with E-state index >= 15 is 0 Å². The largest absolute Gasteiger partial charge is 0.477 e. The summed E-state index contributed by atoms with van der Waals surface area (Å²) in [5.74, 6) is -2.29. The average Bonchev–Trinajstić information content (AvgIpc) is 3.66. The Morgan fingerprint density at radius 3 is 2.65 bits per heavy atom. The number of aromatic nitrogens is 5. The number of amidine groups is 1. The summed E-state index contributed by atoms with van der Waals surface area (Å²) in [6.07, 6.45) is 0. The van der Waals surface area contributed by atoms with Crippen molar-refractivity contribution >= 4 is 98.0 Å². The zero-order valence-corrected chi connectivity index (χ0v) is 25.5. The van der Waals surface area contributed by atoms with Crippen LogP contribution in [-0.4, -0.2) is 83.0 Å². The quantitative estimate of drug-likeness (QED) is 0.0715. The number of oxime groups is 1. The van der Waals surface area contributed by atoms with Gasteiger partial charge in [-0.3, -0.25) is 14.5 Å². The van der Waals surface area contributed by atoms with Crippen LogP contribution in [-0.2, 0) is 25.0 Å². The first-order chi connectivity index (χ1) is 19.2. The lowest BCUT2D eigenvalue weighted by Crippen LogP contribution is -2.66. The minimum atomic E-state index is -1.23. The van der Waals surface area contributed by atoms with E-state index in [2.05, 4.69) is 35.9 Å². The number of aryl methyl sites for hydroxylation is 1. The number of hydrogen-bond donors (Lipinski definition) is 3. The summed E-state index contributed by atoms with van der Waals surface area (Å²) in [6.45, 7) is 1.89. The molecule has 3 aromatic heterocycles. The number of carbonyl (C=O) groups excluding carboxylic acids is 2. The topological polar surface area (TPSA) is 199 Å². The van der Waals surface area contributed by atoms with E-state index in [9.17, 15) is 19.5 Å². The number of fused-ring (bicyclic) bond motifs is 1. The highest BCUT2D eigenvalue weighted by molar-refractivity contribution is 8.02. The second-order valence-corrected chi connectivity index (χ2v) is 14.6. The molecule has 2 aliphatic rings. The third kappa shape index (κ3) is 6.10. The molecule has 0 spiro atoms. The standard InChI is InChI=1S/C20H19N9O5S6/c1-7-24-26-19(39-7)38-6-10-25-27-20(40-10)37-4-8-3-35-16-11(15(31)29(16)12(8)17(32)33)14(30)23-13(28-34-2)9-5-36-18(21)22-9/h5,11,16H,3-4,6H2,1-2H3,(H2,21,22)(H,32,33)(H,23,28,30)/t11-,16-/m1/s1. The minimum absolute atomic E-state index is 0.00635. The van der Waals surface area contributed by atoms with Crippen molar-refractivity contribution in [1.82, 2.24) is 35.6 Å². The van der Waals surface area contributed by atoms with Gasteiger partial charge in [-0.15, -0.1) is 43.5 Å². The molecule has 14 nitrogen and oxygen atoms in total. The fraction of sp³-hybridized carbons (Fsp3) is 0.350. The van der Waals surface area contributed by atoms with Gasteiger partial charge in [-0.2, -0.15) is 0 Å². The van der Waals surface area contributed by atoms with Gasteiger partial charge in [0.2, 0.25) is 11.8 Å². The Bertz CT molecular complexity index is 1520. The van der Waals surface area contributed by atoms with E-state index < -0.39 is 29.1 Å². The number of carboxylic acids is 1. The molecular formula is C20H19N9O5S6. The summed E-state index contributed by atoms with van der Waals surface area (Å²) >= 11 is 8.30. The van der Waals surface area contributed by atoms with Crippen LogP contribution in [0.4, 0.5) is 5.13 Å². The van der Waals surface area contributed by atoms with Crippen LogP contribution in [0.2, 0.25) is 0 Å². The predicted octanol–water partition coefficient (Wildman–Crippen LogP) is 2.12. The molecular weight excluding hydrogens is 639 g/mol. The Balaban J connectivity index is 1.23. The van der Waals surface area contributed by atoms with Crippen molar-refractivity contribution in [3.05, 3.63) is 32.4 Å². The van der Waals surface area contributed by atoms with Gasteiger partial charge < -0.3 is 21.0 Å². The number of anilines is 1. The van der Waals surface area contributed by atoms with Crippen molar-refractivity contribution in [1.29, 1.82) is 0 Å². The minimum Gasteiger partial charge on any atom is -0.477 e. The van der Waals surface area contributed by atoms with Gasteiger partial charge in [-0.25, -0.2) is 9.78 Å². The molecule has 0 aliphatic carbocycles. The molecule has 0 unspecified atom stereocenters. The molecule has 0 radical (unpaired) electrons. The maximum Gasteiger partial charge on any atom is 0.352 e. The van der Waals surface area contributed by atoms with Gasteiger partial charge in [0.15, 0.2) is 19.6 Å². The van der Waals surface area contributed by atoms with E-state index in [-0.39, 0.29) is 22.4 Å². The fourth-order valence-corrected chi connectivity index (χ4v) is 9.47. The van der Waals surface area contributed by atoms with Gasteiger partial charge in [-0.05, 0) is 12.5 Å². The Morgan fingerprint density at radius 2 is 1.98 bits per heavy atom. The van der Waals surface area contributed by atoms with Crippen LogP contribution >= 0.6 is 69.3 Å². The van der Waals surface area contributed by atoms with Crippen LogP contribution in [0.3, 0.4) is 0 Å². The van der Waals surface area contributed by atoms with E-state index in [0.717, 1.165) is 25.7 Å². The Hall–Kier alpha value is -2.78. The first kappa shape index (κ1) is 28.7. The van der Waals surface area contributed by atoms with Crippen LogP contribution < -0.4 is 11.1 Å². The Labute approximate surface area is 251 Å². The zero-order valence-electron chi connectivity index (χ0n) is 20.6. The van der Waals surface area contributed by atoms with Crippen molar-refractivity contribution in [3.63, 3.8) is 0 Å². The van der Waals surface area contributed by atoms with Crippen molar-refractivity contribution in [2.24, 2.45) is 11.1 Å². The fourth-order valence-electron chi connectivity index (χ4n) is 3.68. The molecule has 2 atom stereocenters. The van der Waals surface area contributed by atoms with Crippen LogP contribution in [0.1, 0.15) is 15.7 Å². The van der Waals surface area contributed by atoms with Gasteiger partial charge >= 0.3 is 5.97 Å². The summed E-state index contributed by atoms with van der Waals surface area (Å²) in [7, 11) is 1.31. The number of thiazole rings is 1. The molecule has 5 rings (SSSR count). The number of nitrogens with two attached hydrogens (primary N) is 1. The number of nitrogens with zero attached hydrogens (tertiary/aromatic N) is 7. The third-order valence-electron chi connectivity index (χ3n) is 5.37. The van der Waals surface area contributed by atoms with Crippen molar-refractivity contribution in [3.8, 4) is 0 Å². The molecule has 3 aromatic rings. The number of aliphatic carboxylic acids is 1. The van der Waals surface area contributed by atoms with E-state index in [0.29, 0.717) is 27.2 Å². The smallest absolute Gasteiger partial charge is 0.352 e. The molecule has 0 bridgehead atoms. The average molecular weight is 658 g/mol. The van der Waals surface area contributed by atoms with Crippen LogP contribution in [0, 0.1) is 12.8 Å². The highest BCUT2D eigenvalue weighted by atomic mass is 32.2. The molecule has 0 aromatic carbocycles. The SMILES string of the molecule is CO/N=C(/NC(=O)[C@@H]1C(=O)N2C(C(=O)O)=C(CSc3nnc(CSc4nnc(C)s4)s3)CS[C@H]12)c1csc(N)n1. The first-order valence-corrected chi connectivity index (χ1v) is 16.7. The Morgan fingerprint density at radius 1 is 1.23 bits per heavy atom. The number of nitrogens with one attached hydrogen (secondary N) is 1. The number of carboxylic acid groups (broad SMARTS) is 1. The summed E-state index contributed by atoms with van der Waals surface area (Å²) in [5, 5.41) is 35.7. The number of carbonyl (C=O) groups is 3. The van der Waals surface area contributed by atoms with Crippen molar-refractivity contribution in [2.75, 3.05) is 24.3 Å². The van der Waals surface area contributed by atoms with E-state index in [1.165, 1.54) is 70.0 Å². The van der Waals surface area contributed by atoms with E-state index in [4.69, 9.17) is 10.6 Å². The van der Waals surface area contributed by atoms with Gasteiger partial charge in [-0.1, -0.05) is 51.4 Å². The molecule has 5 heterocycles. The summed E-state index contributed by atoms with van der Waals surface area (Å²) in [5.41, 5.74) is 6.42. The molecule has 4 N–H and O–H groups in total. The number of amides is 2. The van der Waals surface area contributed by atoms with Crippen LogP contribution in [0.25, 0.3) is 0 Å². The molecule has 210 valence electrons. The molecule has 20 heteroatoms. The van der Waals surface area contributed by atoms with Gasteiger partial charge in [0.1, 0.15) is 39.8 Å². The van der Waals surface area contributed by atoms with Gasteiger partial charge in [0, 0.05) is 16.9 Å². The highest BCUT2D eigenvalue weighted by Crippen LogP contribution is 2.45. The number of thioether (sulfide) groups is 3. The first-order valence-electron chi connectivity index (χ1n) is 11.2. The summed E-state index contributed by atoms with van der Waals surface area (Å²) in [4.78, 5) is 48.3. The Kier molecular flexibility index (Phi) is 8.90. The predicted molar refractivity (Wildman–Crippen MR) is 154 cm³/mol. The van der Waals surface area contributed by atoms with Crippen LogP contribution in [0.15, 0.2) is 30.5 Å². The lowest BCUT2D eigenvalue weighted by molar-refractivity contribution is -0.157. The van der Waals surface area contributed by atoms with Crippen molar-refractivity contribution in [2.45, 2.75) is 26.7 Å². The number of nitrogen functional groups attached to an aromatic ring is 1. The van der Waals surface area contributed by atoms with Crippen LogP contribution in [0.5, 0.6) is 0 Å². The lowest BCUT2D eigenvalue weighted by Gasteiger charge is -2.48. The number of hydrogen-bond acceptors (Lipinski definition) is 17. The lowest BCUT2D eigenvalue weighted by atomic mass is 9.94. The second-order valence-electron chi connectivity index (χ2n) is 7.95. The zero-order chi connectivity index (χ0) is 28.4.